The third-order valence-corrected chi connectivity index (χ3v) is 3.75. The first-order valence-electron chi connectivity index (χ1n) is 6.30. The van der Waals surface area contributed by atoms with Gasteiger partial charge in [0.15, 0.2) is 0 Å². The molecule has 0 saturated carbocycles. The molecule has 1 rings (SSSR count). The van der Waals surface area contributed by atoms with Crippen LogP contribution in [0.2, 0.25) is 0 Å². The van der Waals surface area contributed by atoms with Crippen molar-refractivity contribution in [2.45, 2.75) is 34.1 Å². The van der Waals surface area contributed by atoms with Crippen LogP contribution in [0.25, 0.3) is 0 Å². The molecule has 0 aromatic heterocycles. The Hall–Kier alpha value is -1.31. The molecule has 0 fully saturated rings. The summed E-state index contributed by atoms with van der Waals surface area (Å²) in [4.78, 5) is 4.34. The van der Waals surface area contributed by atoms with E-state index in [1.165, 1.54) is 5.57 Å². The van der Waals surface area contributed by atoms with E-state index in [4.69, 9.17) is 5.73 Å². The molecule has 2 N–H and O–H groups in total. The summed E-state index contributed by atoms with van der Waals surface area (Å²) in [5, 5.41) is 0. The fourth-order valence-electron chi connectivity index (χ4n) is 2.28. The van der Waals surface area contributed by atoms with Gasteiger partial charge in [-0.05, 0) is 36.7 Å². The SMILES string of the molecule is C=CC(C)C(C)/C1=C(N)/C(C)=N/C=C/CC1C. The molecule has 0 saturated heterocycles. The predicted octanol–water partition coefficient (Wildman–Crippen LogP) is 3.67. The lowest BCUT2D eigenvalue weighted by atomic mass is 9.79. The molecule has 1 aliphatic heterocycles. The maximum atomic E-state index is 6.26. The maximum Gasteiger partial charge on any atom is 0.0601 e. The van der Waals surface area contributed by atoms with Gasteiger partial charge >= 0.3 is 0 Å². The summed E-state index contributed by atoms with van der Waals surface area (Å²) >= 11 is 0. The van der Waals surface area contributed by atoms with Gasteiger partial charge in [-0.1, -0.05) is 32.9 Å². The number of hydrogen-bond acceptors (Lipinski definition) is 2. The molecule has 1 aliphatic rings. The molecule has 0 spiro atoms. The van der Waals surface area contributed by atoms with Crippen molar-refractivity contribution in [2.75, 3.05) is 0 Å². The predicted molar refractivity (Wildman–Crippen MR) is 75.8 cm³/mol. The zero-order valence-corrected chi connectivity index (χ0v) is 11.4. The number of hydrogen-bond donors (Lipinski definition) is 1. The molecular formula is C15H24N2. The average Bonchev–Trinajstić information content (AvgIpc) is 2.31. The van der Waals surface area contributed by atoms with Crippen molar-refractivity contribution in [1.29, 1.82) is 0 Å². The molecule has 2 nitrogen and oxygen atoms in total. The van der Waals surface area contributed by atoms with Crippen molar-refractivity contribution in [3.8, 4) is 0 Å². The summed E-state index contributed by atoms with van der Waals surface area (Å²) in [7, 11) is 0. The third kappa shape index (κ3) is 3.09. The monoisotopic (exact) mass is 232 g/mol. The van der Waals surface area contributed by atoms with E-state index in [-0.39, 0.29) is 0 Å². The Balaban J connectivity index is 3.18. The van der Waals surface area contributed by atoms with Crippen LogP contribution in [0.4, 0.5) is 0 Å². The number of allylic oxidation sites excluding steroid dienone is 4. The van der Waals surface area contributed by atoms with Gasteiger partial charge in [0.1, 0.15) is 0 Å². The number of nitrogens with two attached hydrogens (primary N) is 1. The lowest BCUT2D eigenvalue weighted by Gasteiger charge is -2.27. The molecular weight excluding hydrogens is 208 g/mol. The standard InChI is InChI=1S/C15H24N2/c1-6-10(2)12(4)14-11(3)8-7-9-17-13(5)15(14)16/h6-7,9-12H,1,8,16H2,2-5H3/b9-7+,15-14-,17-13+. The fraction of sp³-hybridized carbons (Fsp3) is 0.533. The molecule has 2 heteroatoms. The van der Waals surface area contributed by atoms with Crippen LogP contribution < -0.4 is 5.73 Å². The smallest absolute Gasteiger partial charge is 0.0601 e. The van der Waals surface area contributed by atoms with Crippen molar-refractivity contribution < 1.29 is 0 Å². The highest BCUT2D eigenvalue weighted by molar-refractivity contribution is 5.98. The van der Waals surface area contributed by atoms with Gasteiger partial charge in [0.25, 0.3) is 0 Å². The van der Waals surface area contributed by atoms with Gasteiger partial charge in [-0.3, -0.25) is 4.99 Å². The van der Waals surface area contributed by atoms with Crippen LogP contribution in [0, 0.1) is 17.8 Å². The first-order valence-corrected chi connectivity index (χ1v) is 6.30. The average molecular weight is 232 g/mol. The van der Waals surface area contributed by atoms with E-state index in [0.717, 1.165) is 17.8 Å². The summed E-state index contributed by atoms with van der Waals surface area (Å²) in [5.74, 6) is 1.32. The minimum atomic E-state index is 0.416. The third-order valence-electron chi connectivity index (χ3n) is 3.75. The van der Waals surface area contributed by atoms with E-state index in [9.17, 15) is 0 Å². The molecule has 3 atom stereocenters. The van der Waals surface area contributed by atoms with Crippen molar-refractivity contribution >= 4 is 5.71 Å². The van der Waals surface area contributed by atoms with E-state index in [1.54, 1.807) is 0 Å². The van der Waals surface area contributed by atoms with Gasteiger partial charge in [-0.2, -0.15) is 0 Å². The van der Waals surface area contributed by atoms with Crippen LogP contribution in [0.3, 0.4) is 0 Å². The Labute approximate surface area is 105 Å². The lowest BCUT2D eigenvalue weighted by Crippen LogP contribution is -2.23. The second kappa shape index (κ2) is 5.85. The summed E-state index contributed by atoms with van der Waals surface area (Å²) in [6.07, 6.45) is 6.97. The quantitative estimate of drug-likeness (QED) is 0.741. The van der Waals surface area contributed by atoms with Crippen molar-refractivity contribution in [3.63, 3.8) is 0 Å². The summed E-state index contributed by atoms with van der Waals surface area (Å²) in [5.41, 5.74) is 9.36. The first-order chi connectivity index (χ1) is 7.99. The number of aliphatic imine (C=N–C) groups is 1. The molecule has 3 unspecified atom stereocenters. The van der Waals surface area contributed by atoms with Crippen molar-refractivity contribution in [1.82, 2.24) is 0 Å². The van der Waals surface area contributed by atoms with Gasteiger partial charge in [0.05, 0.1) is 11.4 Å². The summed E-state index contributed by atoms with van der Waals surface area (Å²) < 4.78 is 0. The molecule has 0 aromatic carbocycles. The van der Waals surface area contributed by atoms with Crippen LogP contribution in [0.5, 0.6) is 0 Å². The van der Waals surface area contributed by atoms with E-state index >= 15 is 0 Å². The Kier molecular flexibility index (Phi) is 4.73. The normalized spacial score (nSPS) is 33.9. The van der Waals surface area contributed by atoms with Gasteiger partial charge in [0, 0.05) is 6.20 Å². The van der Waals surface area contributed by atoms with Crippen LogP contribution >= 0.6 is 0 Å². The highest BCUT2D eigenvalue weighted by Crippen LogP contribution is 2.31. The van der Waals surface area contributed by atoms with Gasteiger partial charge in [-0.25, -0.2) is 0 Å². The van der Waals surface area contributed by atoms with E-state index < -0.39 is 0 Å². The van der Waals surface area contributed by atoms with Crippen LogP contribution in [0.1, 0.15) is 34.1 Å². The molecule has 0 amide bonds. The zero-order chi connectivity index (χ0) is 13.0. The zero-order valence-electron chi connectivity index (χ0n) is 11.4. The summed E-state index contributed by atoms with van der Waals surface area (Å²) in [6, 6.07) is 0. The molecule has 0 aliphatic carbocycles. The Morgan fingerprint density at radius 1 is 1.53 bits per heavy atom. The molecule has 0 radical (unpaired) electrons. The van der Waals surface area contributed by atoms with Gasteiger partial charge < -0.3 is 5.73 Å². The van der Waals surface area contributed by atoms with Crippen LogP contribution in [-0.2, 0) is 0 Å². The minimum absolute atomic E-state index is 0.416. The number of nitrogens with zero attached hydrogens (tertiary/aromatic N) is 1. The molecule has 0 aromatic rings. The first kappa shape index (κ1) is 13.8. The lowest BCUT2D eigenvalue weighted by molar-refractivity contribution is 0.466. The van der Waals surface area contributed by atoms with E-state index in [0.29, 0.717) is 17.8 Å². The molecule has 94 valence electrons. The second-order valence-electron chi connectivity index (χ2n) is 4.99. The largest absolute Gasteiger partial charge is 0.397 e. The van der Waals surface area contributed by atoms with E-state index in [2.05, 4.69) is 38.4 Å². The van der Waals surface area contributed by atoms with Crippen LogP contribution in [0.15, 0.2) is 41.2 Å². The van der Waals surface area contributed by atoms with Gasteiger partial charge in [-0.15, -0.1) is 6.58 Å². The highest BCUT2D eigenvalue weighted by atomic mass is 14.8. The highest BCUT2D eigenvalue weighted by Gasteiger charge is 2.23. The van der Waals surface area contributed by atoms with Crippen molar-refractivity contribution in [2.24, 2.45) is 28.5 Å². The summed E-state index contributed by atoms with van der Waals surface area (Å²) in [6.45, 7) is 12.5. The minimum Gasteiger partial charge on any atom is -0.397 e. The van der Waals surface area contributed by atoms with Gasteiger partial charge in [0.2, 0.25) is 0 Å². The molecule has 17 heavy (non-hydrogen) atoms. The Bertz CT molecular complexity index is 374. The topological polar surface area (TPSA) is 38.4 Å². The molecule has 0 bridgehead atoms. The number of rotatable bonds is 3. The Morgan fingerprint density at radius 3 is 2.76 bits per heavy atom. The van der Waals surface area contributed by atoms with Crippen molar-refractivity contribution in [3.05, 3.63) is 36.2 Å². The van der Waals surface area contributed by atoms with Crippen LogP contribution in [-0.4, -0.2) is 5.71 Å². The molecule has 1 heterocycles. The second-order valence-corrected chi connectivity index (χ2v) is 4.99. The maximum absolute atomic E-state index is 6.26. The van der Waals surface area contributed by atoms with E-state index in [1.807, 2.05) is 19.2 Å². The fourth-order valence-corrected chi connectivity index (χ4v) is 2.28. The Morgan fingerprint density at radius 2 is 2.18 bits per heavy atom.